The zero-order valence-corrected chi connectivity index (χ0v) is 18.7. The van der Waals surface area contributed by atoms with Gasteiger partial charge in [0.05, 0.1) is 0 Å². The molecule has 2 N–H and O–H groups in total. The summed E-state index contributed by atoms with van der Waals surface area (Å²) in [5, 5.41) is 5.98. The lowest BCUT2D eigenvalue weighted by atomic mass is 9.65. The number of nitrogens with zero attached hydrogens (tertiary/aromatic N) is 1. The van der Waals surface area contributed by atoms with Crippen LogP contribution in [0.5, 0.6) is 0 Å². The first-order valence-electron chi connectivity index (χ1n) is 11.6. The van der Waals surface area contributed by atoms with Crippen molar-refractivity contribution in [3.63, 3.8) is 0 Å². The fraction of sp³-hybridized carbons (Fsp3) is 0.870. The topological polar surface area (TPSA) is 78.5 Å². The van der Waals surface area contributed by atoms with Crippen molar-refractivity contribution in [1.82, 2.24) is 15.5 Å². The summed E-state index contributed by atoms with van der Waals surface area (Å²) < 4.78 is 0. The van der Waals surface area contributed by atoms with Gasteiger partial charge in [-0.15, -0.1) is 0 Å². The van der Waals surface area contributed by atoms with Gasteiger partial charge < -0.3 is 10.6 Å². The molecule has 1 aliphatic heterocycles. The van der Waals surface area contributed by atoms with Crippen molar-refractivity contribution in [2.24, 2.45) is 17.3 Å². The molecule has 0 aromatic rings. The molecule has 3 aliphatic rings. The van der Waals surface area contributed by atoms with Gasteiger partial charge in [-0.05, 0) is 68.6 Å². The minimum absolute atomic E-state index is 0.163. The highest BCUT2D eigenvalue weighted by Crippen LogP contribution is 2.45. The molecule has 1 spiro atoms. The van der Waals surface area contributed by atoms with Crippen LogP contribution >= 0.6 is 0 Å². The molecule has 0 aromatic carbocycles. The van der Waals surface area contributed by atoms with Gasteiger partial charge in [-0.1, -0.05) is 40.5 Å². The maximum Gasteiger partial charge on any atom is 0.325 e. The molecule has 2 saturated carbocycles. The van der Waals surface area contributed by atoms with Crippen molar-refractivity contribution in [3.05, 3.63) is 0 Å². The average Bonchev–Trinajstić information content (AvgIpc) is 2.93. The first-order chi connectivity index (χ1) is 13.7. The molecule has 2 aliphatic carbocycles. The number of hydrogen-bond acceptors (Lipinski definition) is 3. The Morgan fingerprint density at radius 2 is 1.72 bits per heavy atom. The Morgan fingerprint density at radius 3 is 2.28 bits per heavy atom. The lowest BCUT2D eigenvalue weighted by molar-refractivity contribution is -0.136. The second-order valence-electron chi connectivity index (χ2n) is 10.2. The highest BCUT2D eigenvalue weighted by atomic mass is 16.2. The summed E-state index contributed by atoms with van der Waals surface area (Å²) in [6.45, 7) is 8.84. The zero-order chi connectivity index (χ0) is 21.2. The Morgan fingerprint density at radius 1 is 1.10 bits per heavy atom. The lowest BCUT2D eigenvalue weighted by Gasteiger charge is -2.42. The Kier molecular flexibility index (Phi) is 6.59. The first-order valence-corrected chi connectivity index (χ1v) is 11.6. The van der Waals surface area contributed by atoms with Crippen molar-refractivity contribution in [2.45, 2.75) is 103 Å². The third-order valence-electron chi connectivity index (χ3n) is 8.19. The Labute approximate surface area is 175 Å². The third-order valence-corrected chi connectivity index (χ3v) is 8.19. The highest BCUT2D eigenvalue weighted by Gasteiger charge is 2.53. The monoisotopic (exact) mass is 405 g/mol. The summed E-state index contributed by atoms with van der Waals surface area (Å²) in [6, 6.07) is -0.236. The van der Waals surface area contributed by atoms with Gasteiger partial charge >= 0.3 is 6.03 Å². The summed E-state index contributed by atoms with van der Waals surface area (Å²) in [7, 11) is 0. The smallest absolute Gasteiger partial charge is 0.325 e. The minimum Gasteiger partial charge on any atom is -0.352 e. The molecule has 164 valence electrons. The van der Waals surface area contributed by atoms with E-state index in [4.69, 9.17) is 0 Å². The molecular weight excluding hydrogens is 366 g/mol. The van der Waals surface area contributed by atoms with E-state index in [9.17, 15) is 14.4 Å². The Hall–Kier alpha value is -1.59. The summed E-state index contributed by atoms with van der Waals surface area (Å²) in [5.74, 6) is 0.909. The summed E-state index contributed by atoms with van der Waals surface area (Å²) in [4.78, 5) is 39.3. The maximum absolute atomic E-state index is 13.1. The molecule has 4 amide bonds. The average molecular weight is 406 g/mol. The van der Waals surface area contributed by atoms with Gasteiger partial charge in [-0.2, -0.15) is 0 Å². The van der Waals surface area contributed by atoms with E-state index < -0.39 is 11.6 Å². The molecular formula is C23H39N3O3. The summed E-state index contributed by atoms with van der Waals surface area (Å²) in [6.07, 6.45) is 9.79. The van der Waals surface area contributed by atoms with E-state index in [-0.39, 0.29) is 29.8 Å². The van der Waals surface area contributed by atoms with Crippen LogP contribution < -0.4 is 10.6 Å². The van der Waals surface area contributed by atoms with E-state index in [0.717, 1.165) is 55.8 Å². The van der Waals surface area contributed by atoms with Gasteiger partial charge in [0.2, 0.25) is 5.91 Å². The number of imide groups is 1. The van der Waals surface area contributed by atoms with E-state index in [0.29, 0.717) is 18.8 Å². The molecule has 1 heterocycles. The maximum atomic E-state index is 13.1. The van der Waals surface area contributed by atoms with Crippen molar-refractivity contribution < 1.29 is 14.4 Å². The standard InChI is InChI=1S/C23H39N3O3/c1-5-16-7-9-18(10-8-16)24-19(27)15-26-20(28)23(25-21(26)29)13-11-17(12-14-23)22(3,4)6-2/h16-18H,5-15H2,1-4H3,(H,24,27)(H,25,29). The molecule has 1 saturated heterocycles. The van der Waals surface area contributed by atoms with Crippen molar-refractivity contribution >= 4 is 17.8 Å². The fourth-order valence-corrected chi connectivity index (χ4v) is 5.47. The SMILES string of the molecule is CCC1CCC(NC(=O)CN2C(=O)NC3(CCC(C(C)(C)CC)CC3)C2=O)CC1. The van der Waals surface area contributed by atoms with E-state index in [1.807, 2.05) is 0 Å². The molecule has 3 rings (SSSR count). The third kappa shape index (κ3) is 4.61. The van der Waals surface area contributed by atoms with Gasteiger partial charge in [0.15, 0.2) is 0 Å². The second kappa shape index (κ2) is 8.65. The summed E-state index contributed by atoms with van der Waals surface area (Å²) in [5.41, 5.74) is -0.541. The van der Waals surface area contributed by atoms with Crippen molar-refractivity contribution in [1.29, 1.82) is 0 Å². The van der Waals surface area contributed by atoms with Crippen LogP contribution in [-0.2, 0) is 9.59 Å². The number of nitrogens with one attached hydrogen (secondary N) is 2. The molecule has 0 bridgehead atoms. The number of urea groups is 1. The van der Waals surface area contributed by atoms with Crippen LogP contribution in [0.3, 0.4) is 0 Å². The van der Waals surface area contributed by atoms with Crippen LogP contribution in [0.4, 0.5) is 4.79 Å². The molecule has 0 unspecified atom stereocenters. The predicted molar refractivity (Wildman–Crippen MR) is 113 cm³/mol. The van der Waals surface area contributed by atoms with Gasteiger partial charge in [-0.25, -0.2) is 4.79 Å². The second-order valence-corrected chi connectivity index (χ2v) is 10.2. The van der Waals surface area contributed by atoms with Crippen LogP contribution in [0.2, 0.25) is 0 Å². The van der Waals surface area contributed by atoms with Crippen LogP contribution in [0.1, 0.15) is 91.9 Å². The van der Waals surface area contributed by atoms with Gasteiger partial charge in [-0.3, -0.25) is 14.5 Å². The van der Waals surface area contributed by atoms with Crippen LogP contribution in [-0.4, -0.2) is 40.9 Å². The lowest BCUT2D eigenvalue weighted by Crippen LogP contribution is -2.51. The zero-order valence-electron chi connectivity index (χ0n) is 18.7. The first kappa shape index (κ1) is 22.1. The minimum atomic E-state index is -0.795. The van der Waals surface area contributed by atoms with E-state index in [1.165, 1.54) is 6.42 Å². The molecule has 6 nitrogen and oxygen atoms in total. The molecule has 3 fully saturated rings. The molecule has 0 radical (unpaired) electrons. The molecule has 29 heavy (non-hydrogen) atoms. The normalized spacial score (nSPS) is 33.1. The van der Waals surface area contributed by atoms with E-state index >= 15 is 0 Å². The van der Waals surface area contributed by atoms with Crippen molar-refractivity contribution in [2.75, 3.05) is 6.54 Å². The quantitative estimate of drug-likeness (QED) is 0.656. The summed E-state index contributed by atoms with van der Waals surface area (Å²) >= 11 is 0. The van der Waals surface area contributed by atoms with Gasteiger partial charge in [0.1, 0.15) is 12.1 Å². The van der Waals surface area contributed by atoms with Gasteiger partial charge in [0.25, 0.3) is 5.91 Å². The number of hydrogen-bond donors (Lipinski definition) is 2. The van der Waals surface area contributed by atoms with Crippen LogP contribution in [0.15, 0.2) is 0 Å². The van der Waals surface area contributed by atoms with E-state index in [1.54, 1.807) is 0 Å². The largest absolute Gasteiger partial charge is 0.352 e. The predicted octanol–water partition coefficient (Wildman–Crippen LogP) is 3.99. The van der Waals surface area contributed by atoms with Gasteiger partial charge in [0, 0.05) is 6.04 Å². The molecule has 6 heteroatoms. The number of carbonyl (C=O) groups is 3. The number of carbonyl (C=O) groups excluding carboxylic acids is 3. The highest BCUT2D eigenvalue weighted by molar-refractivity contribution is 6.09. The van der Waals surface area contributed by atoms with E-state index in [2.05, 4.69) is 38.3 Å². The fourth-order valence-electron chi connectivity index (χ4n) is 5.47. The molecule has 0 aromatic heterocycles. The van der Waals surface area contributed by atoms with Crippen LogP contribution in [0, 0.1) is 17.3 Å². The Bertz CT molecular complexity index is 629. The number of amides is 4. The Balaban J connectivity index is 1.54. The number of rotatable bonds is 6. The molecule has 0 atom stereocenters. The van der Waals surface area contributed by atoms with Crippen molar-refractivity contribution in [3.8, 4) is 0 Å². The van der Waals surface area contributed by atoms with Crippen LogP contribution in [0.25, 0.3) is 0 Å².